The summed E-state index contributed by atoms with van der Waals surface area (Å²) in [5.74, 6) is 0.551. The van der Waals surface area contributed by atoms with Gasteiger partial charge in [0.2, 0.25) is 0 Å². The van der Waals surface area contributed by atoms with Gasteiger partial charge in [-0.05, 0) is 80.4 Å². The van der Waals surface area contributed by atoms with Gasteiger partial charge in [0.15, 0.2) is 0 Å². The number of aliphatic hydroxyl groups is 1. The van der Waals surface area contributed by atoms with Crippen LogP contribution in [0.5, 0.6) is 5.75 Å². The highest BCUT2D eigenvalue weighted by Crippen LogP contribution is 2.23. The molecule has 2 fully saturated rings. The largest absolute Gasteiger partial charge is 0.492 e. The number of nitrogens with one attached hydrogen (secondary N) is 1. The molecule has 1 saturated heterocycles. The third kappa shape index (κ3) is 5.26. The zero-order valence-electron chi connectivity index (χ0n) is 20.2. The maximum absolute atomic E-state index is 13.5. The molecule has 184 valence electrons. The zero-order valence-corrected chi connectivity index (χ0v) is 20.2. The Hall–Kier alpha value is -3.16. The second kappa shape index (κ2) is 10.2. The Kier molecular flexibility index (Phi) is 6.88. The van der Waals surface area contributed by atoms with Crippen molar-refractivity contribution in [2.45, 2.75) is 51.1 Å². The van der Waals surface area contributed by atoms with Crippen LogP contribution in [0, 0.1) is 6.92 Å². The molecular weight excluding hydrogens is 442 g/mol. The molecule has 1 aromatic heterocycles. The molecule has 35 heavy (non-hydrogen) atoms. The topological polar surface area (TPSA) is 83.8 Å². The van der Waals surface area contributed by atoms with Crippen molar-refractivity contribution in [1.82, 2.24) is 14.8 Å². The maximum Gasteiger partial charge on any atom is 0.263 e. The minimum Gasteiger partial charge on any atom is -0.492 e. The molecule has 1 saturated carbocycles. The van der Waals surface area contributed by atoms with E-state index in [9.17, 15) is 14.7 Å². The lowest BCUT2D eigenvalue weighted by atomic mass is 10.0. The van der Waals surface area contributed by atoms with Crippen LogP contribution in [0.4, 0.5) is 0 Å². The minimum atomic E-state index is -0.146. The second-order valence-electron chi connectivity index (χ2n) is 9.71. The Bertz CT molecular complexity index is 1280. The van der Waals surface area contributed by atoms with Gasteiger partial charge in [-0.1, -0.05) is 18.6 Å². The molecule has 1 aliphatic heterocycles. The smallest absolute Gasteiger partial charge is 0.263 e. The van der Waals surface area contributed by atoms with E-state index < -0.39 is 0 Å². The van der Waals surface area contributed by atoms with Gasteiger partial charge in [0, 0.05) is 30.4 Å². The number of carbonyl (C=O) groups excluding carboxylic acids is 1. The molecular formula is C28H33N3O4. The predicted molar refractivity (Wildman–Crippen MR) is 137 cm³/mol. The zero-order chi connectivity index (χ0) is 24.4. The van der Waals surface area contributed by atoms with E-state index in [-0.39, 0.29) is 30.2 Å². The van der Waals surface area contributed by atoms with Gasteiger partial charge in [-0.3, -0.25) is 19.1 Å². The average Bonchev–Trinajstić information content (AvgIpc) is 3.69. The Morgan fingerprint density at radius 1 is 1.11 bits per heavy atom. The van der Waals surface area contributed by atoms with Gasteiger partial charge >= 0.3 is 0 Å². The van der Waals surface area contributed by atoms with E-state index in [0.717, 1.165) is 56.1 Å². The molecule has 2 aliphatic rings. The quantitative estimate of drug-likeness (QED) is 0.522. The summed E-state index contributed by atoms with van der Waals surface area (Å²) >= 11 is 0. The fourth-order valence-electron chi connectivity index (χ4n) is 4.85. The SMILES string of the molecule is Cc1ccc(C(=O)NC2CC2)cc1-n1ccc2ccc(OCCN3CCCC[C@H]3CO)cc2c1=O. The average molecular weight is 476 g/mol. The van der Waals surface area contributed by atoms with E-state index in [1.165, 1.54) is 0 Å². The number of ether oxygens (including phenoxy) is 1. The predicted octanol–water partition coefficient (Wildman–Crippen LogP) is 3.42. The molecule has 2 N–H and O–H groups in total. The Morgan fingerprint density at radius 2 is 1.97 bits per heavy atom. The third-order valence-electron chi connectivity index (χ3n) is 7.13. The number of pyridine rings is 1. The number of aromatic nitrogens is 1. The summed E-state index contributed by atoms with van der Waals surface area (Å²) in [6.45, 7) is 4.35. The molecule has 7 nitrogen and oxygen atoms in total. The Balaban J connectivity index is 1.36. The Labute approximate surface area is 205 Å². The number of hydrogen-bond acceptors (Lipinski definition) is 5. The first kappa shape index (κ1) is 23.6. The van der Waals surface area contributed by atoms with Crippen LogP contribution >= 0.6 is 0 Å². The van der Waals surface area contributed by atoms with E-state index in [1.807, 2.05) is 31.2 Å². The van der Waals surface area contributed by atoms with Crippen molar-refractivity contribution in [2.75, 3.05) is 26.3 Å². The number of hydrogen-bond donors (Lipinski definition) is 2. The fourth-order valence-corrected chi connectivity index (χ4v) is 4.85. The maximum atomic E-state index is 13.5. The number of aliphatic hydroxyl groups excluding tert-OH is 1. The van der Waals surface area contributed by atoms with E-state index in [2.05, 4.69) is 10.2 Å². The van der Waals surface area contributed by atoms with Gasteiger partial charge in [0.1, 0.15) is 12.4 Å². The van der Waals surface area contributed by atoms with Crippen LogP contribution in [0.3, 0.4) is 0 Å². The molecule has 2 heterocycles. The van der Waals surface area contributed by atoms with Crippen LogP contribution in [0.15, 0.2) is 53.5 Å². The van der Waals surface area contributed by atoms with Gasteiger partial charge in [0.05, 0.1) is 17.7 Å². The molecule has 1 amide bonds. The van der Waals surface area contributed by atoms with Crippen LogP contribution in [-0.4, -0.2) is 58.9 Å². The van der Waals surface area contributed by atoms with Crippen molar-refractivity contribution in [1.29, 1.82) is 0 Å². The van der Waals surface area contributed by atoms with Crippen molar-refractivity contribution in [3.63, 3.8) is 0 Å². The lowest BCUT2D eigenvalue weighted by molar-refractivity contribution is 0.0773. The van der Waals surface area contributed by atoms with Gasteiger partial charge in [-0.25, -0.2) is 0 Å². The fraction of sp³-hybridized carbons (Fsp3) is 0.429. The van der Waals surface area contributed by atoms with Crippen LogP contribution in [0.25, 0.3) is 16.5 Å². The number of aryl methyl sites for hydroxylation is 1. The number of benzene rings is 2. The number of carbonyl (C=O) groups is 1. The van der Waals surface area contributed by atoms with Crippen molar-refractivity contribution in [2.24, 2.45) is 0 Å². The molecule has 2 aromatic carbocycles. The van der Waals surface area contributed by atoms with Crippen LogP contribution in [-0.2, 0) is 0 Å². The molecule has 3 aromatic rings. The van der Waals surface area contributed by atoms with E-state index in [1.54, 1.807) is 29.0 Å². The van der Waals surface area contributed by atoms with Crippen molar-refractivity contribution < 1.29 is 14.6 Å². The number of piperidine rings is 1. The highest BCUT2D eigenvalue weighted by molar-refractivity contribution is 5.95. The molecule has 1 atom stereocenters. The van der Waals surface area contributed by atoms with E-state index >= 15 is 0 Å². The number of likely N-dealkylation sites (tertiary alicyclic amines) is 1. The number of amides is 1. The standard InChI is InChI=1S/C28H33N3O4/c1-19-5-6-21(27(33)29-22-8-9-22)16-26(19)31-13-11-20-7-10-24(17-25(20)28(31)34)35-15-14-30-12-3-2-4-23(30)18-32/h5-7,10-11,13,16-17,22-23,32H,2-4,8-9,12,14-15,18H2,1H3,(H,29,33)/t23-/m0/s1. The summed E-state index contributed by atoms with van der Waals surface area (Å²) in [7, 11) is 0. The molecule has 5 rings (SSSR count). The third-order valence-corrected chi connectivity index (χ3v) is 7.13. The van der Waals surface area contributed by atoms with Gasteiger partial charge in [-0.15, -0.1) is 0 Å². The van der Waals surface area contributed by atoms with Crippen LogP contribution in [0.2, 0.25) is 0 Å². The molecule has 1 aliphatic carbocycles. The molecule has 0 bridgehead atoms. The number of rotatable bonds is 8. The second-order valence-corrected chi connectivity index (χ2v) is 9.71. The molecule has 0 unspecified atom stereocenters. The summed E-state index contributed by atoms with van der Waals surface area (Å²) in [6, 6.07) is 13.5. The minimum absolute atomic E-state index is 0.101. The first-order valence-corrected chi connectivity index (χ1v) is 12.6. The lowest BCUT2D eigenvalue weighted by Gasteiger charge is -2.34. The summed E-state index contributed by atoms with van der Waals surface area (Å²) < 4.78 is 7.61. The van der Waals surface area contributed by atoms with Crippen LogP contribution in [0.1, 0.15) is 48.0 Å². The summed E-state index contributed by atoms with van der Waals surface area (Å²) in [5, 5.41) is 14.0. The first-order chi connectivity index (χ1) is 17.0. The molecule has 0 spiro atoms. The van der Waals surface area contributed by atoms with Crippen LogP contribution < -0.4 is 15.6 Å². The first-order valence-electron chi connectivity index (χ1n) is 12.6. The molecule has 0 radical (unpaired) electrons. The normalized spacial score (nSPS) is 18.5. The van der Waals surface area contributed by atoms with E-state index in [0.29, 0.717) is 29.0 Å². The van der Waals surface area contributed by atoms with Crippen molar-refractivity contribution in [3.05, 3.63) is 70.1 Å². The summed E-state index contributed by atoms with van der Waals surface area (Å²) in [4.78, 5) is 28.3. The highest BCUT2D eigenvalue weighted by atomic mass is 16.5. The summed E-state index contributed by atoms with van der Waals surface area (Å²) in [6.07, 6.45) is 7.15. The number of fused-ring (bicyclic) bond motifs is 1. The van der Waals surface area contributed by atoms with Gasteiger partial charge in [-0.2, -0.15) is 0 Å². The highest BCUT2D eigenvalue weighted by Gasteiger charge is 2.24. The van der Waals surface area contributed by atoms with Gasteiger partial charge in [0.25, 0.3) is 11.5 Å². The lowest BCUT2D eigenvalue weighted by Crippen LogP contribution is -2.43. The number of nitrogens with zero attached hydrogens (tertiary/aromatic N) is 2. The van der Waals surface area contributed by atoms with Crippen molar-refractivity contribution in [3.8, 4) is 11.4 Å². The monoisotopic (exact) mass is 475 g/mol. The Morgan fingerprint density at radius 3 is 2.77 bits per heavy atom. The van der Waals surface area contributed by atoms with Gasteiger partial charge < -0.3 is 15.2 Å². The summed E-state index contributed by atoms with van der Waals surface area (Å²) in [5.41, 5.74) is 2.03. The van der Waals surface area contributed by atoms with Crippen molar-refractivity contribution >= 4 is 16.7 Å². The molecule has 7 heteroatoms. The van der Waals surface area contributed by atoms with E-state index in [4.69, 9.17) is 4.74 Å².